The molecule has 0 aliphatic carbocycles. The third-order valence-corrected chi connectivity index (χ3v) is 3.10. The summed E-state index contributed by atoms with van der Waals surface area (Å²) in [5.74, 6) is 0. The van der Waals surface area contributed by atoms with Gasteiger partial charge >= 0.3 is 6.18 Å². The minimum absolute atomic E-state index is 0.247. The van der Waals surface area contributed by atoms with Crippen molar-refractivity contribution in [1.82, 2.24) is 0 Å². The Hall–Kier alpha value is -1.55. The molecule has 0 spiro atoms. The number of hydrogen-bond acceptors (Lipinski definition) is 1. The van der Waals surface area contributed by atoms with Gasteiger partial charge in [-0.05, 0) is 29.2 Å². The van der Waals surface area contributed by atoms with Crippen LogP contribution in [0.3, 0.4) is 0 Å². The number of fused-ring (bicyclic) bond motifs is 1. The highest BCUT2D eigenvalue weighted by atomic mass is 19.4. The Morgan fingerprint density at radius 1 is 1.00 bits per heavy atom. The number of aliphatic hydroxyl groups is 1. The van der Waals surface area contributed by atoms with Gasteiger partial charge in [0.25, 0.3) is 0 Å². The van der Waals surface area contributed by atoms with Crippen molar-refractivity contribution in [3.05, 3.63) is 48.0 Å². The van der Waals surface area contributed by atoms with Gasteiger partial charge in [-0.15, -0.1) is 0 Å². The van der Waals surface area contributed by atoms with E-state index < -0.39 is 18.7 Å². The predicted molar refractivity (Wildman–Crippen MR) is 68.9 cm³/mol. The second kappa shape index (κ2) is 5.61. The first-order valence-corrected chi connectivity index (χ1v) is 6.17. The lowest BCUT2D eigenvalue weighted by atomic mass is 9.98. The molecule has 1 N–H and O–H groups in total. The Labute approximate surface area is 109 Å². The van der Waals surface area contributed by atoms with E-state index >= 15 is 0 Å². The fraction of sp³-hybridized carbons (Fsp3) is 0.333. The molecule has 4 heteroatoms. The second-order valence-corrected chi connectivity index (χ2v) is 4.65. The zero-order valence-corrected chi connectivity index (χ0v) is 10.3. The molecule has 2 aromatic rings. The van der Waals surface area contributed by atoms with Crippen molar-refractivity contribution in [2.24, 2.45) is 0 Å². The highest BCUT2D eigenvalue weighted by molar-refractivity contribution is 5.85. The third-order valence-electron chi connectivity index (χ3n) is 3.10. The van der Waals surface area contributed by atoms with Crippen LogP contribution in [0.25, 0.3) is 10.8 Å². The molecular formula is C15H15F3O. The molecule has 2 rings (SSSR count). The van der Waals surface area contributed by atoms with Gasteiger partial charge in [0.05, 0.1) is 6.10 Å². The van der Waals surface area contributed by atoms with Gasteiger partial charge in [-0.25, -0.2) is 0 Å². The first-order valence-electron chi connectivity index (χ1n) is 6.17. The van der Waals surface area contributed by atoms with E-state index in [-0.39, 0.29) is 12.8 Å². The fourth-order valence-electron chi connectivity index (χ4n) is 2.16. The molecule has 0 saturated carbocycles. The van der Waals surface area contributed by atoms with Crippen LogP contribution in [0.15, 0.2) is 42.5 Å². The summed E-state index contributed by atoms with van der Waals surface area (Å²) in [4.78, 5) is 0. The summed E-state index contributed by atoms with van der Waals surface area (Å²) >= 11 is 0. The number of benzene rings is 2. The zero-order valence-electron chi connectivity index (χ0n) is 10.3. The Morgan fingerprint density at radius 3 is 2.42 bits per heavy atom. The normalized spacial score (nSPS) is 13.7. The number of rotatable bonds is 4. The topological polar surface area (TPSA) is 20.2 Å². The highest BCUT2D eigenvalue weighted by Gasteiger charge is 2.27. The summed E-state index contributed by atoms with van der Waals surface area (Å²) in [6, 6.07) is 13.3. The minimum atomic E-state index is -4.21. The standard InChI is InChI=1S/C15H15F3O/c16-15(17,18)9-8-13(19)10-12-6-3-5-11-4-1-2-7-14(11)12/h1-7,13,19H,8-10H2. The summed E-state index contributed by atoms with van der Waals surface area (Å²) in [5, 5.41) is 11.7. The lowest BCUT2D eigenvalue weighted by Crippen LogP contribution is -2.16. The molecule has 0 heterocycles. The van der Waals surface area contributed by atoms with Crippen LogP contribution in [0.2, 0.25) is 0 Å². The second-order valence-electron chi connectivity index (χ2n) is 4.65. The summed E-state index contributed by atoms with van der Waals surface area (Å²) < 4.78 is 36.3. The van der Waals surface area contributed by atoms with Crippen LogP contribution in [0.4, 0.5) is 13.2 Å². The van der Waals surface area contributed by atoms with Crippen molar-refractivity contribution < 1.29 is 18.3 Å². The summed E-state index contributed by atoms with van der Waals surface area (Å²) in [6.07, 6.45) is -6.13. The van der Waals surface area contributed by atoms with E-state index in [0.717, 1.165) is 16.3 Å². The average molecular weight is 268 g/mol. The van der Waals surface area contributed by atoms with Gasteiger partial charge in [-0.3, -0.25) is 0 Å². The third kappa shape index (κ3) is 3.96. The molecule has 0 saturated heterocycles. The number of halogens is 3. The lowest BCUT2D eigenvalue weighted by Gasteiger charge is -2.13. The average Bonchev–Trinajstić information content (AvgIpc) is 2.36. The van der Waals surface area contributed by atoms with Crippen molar-refractivity contribution in [1.29, 1.82) is 0 Å². The minimum Gasteiger partial charge on any atom is -0.393 e. The van der Waals surface area contributed by atoms with Crippen LogP contribution in [-0.2, 0) is 6.42 Å². The van der Waals surface area contributed by atoms with Gasteiger partial charge in [0.1, 0.15) is 0 Å². The van der Waals surface area contributed by atoms with Crippen molar-refractivity contribution in [3.8, 4) is 0 Å². The van der Waals surface area contributed by atoms with Gasteiger partial charge in [0, 0.05) is 6.42 Å². The molecular weight excluding hydrogens is 253 g/mol. The summed E-state index contributed by atoms with van der Waals surface area (Å²) in [7, 11) is 0. The van der Waals surface area contributed by atoms with Crippen molar-refractivity contribution in [2.45, 2.75) is 31.5 Å². The number of aliphatic hydroxyl groups excluding tert-OH is 1. The molecule has 0 aliphatic heterocycles. The van der Waals surface area contributed by atoms with Crippen LogP contribution in [0.5, 0.6) is 0 Å². The van der Waals surface area contributed by atoms with Crippen molar-refractivity contribution in [2.75, 3.05) is 0 Å². The molecule has 19 heavy (non-hydrogen) atoms. The Kier molecular flexibility index (Phi) is 4.10. The van der Waals surface area contributed by atoms with Gasteiger partial charge in [0.2, 0.25) is 0 Å². The molecule has 0 radical (unpaired) electrons. The van der Waals surface area contributed by atoms with Crippen LogP contribution in [0.1, 0.15) is 18.4 Å². The maximum absolute atomic E-state index is 12.1. The monoisotopic (exact) mass is 268 g/mol. The van der Waals surface area contributed by atoms with E-state index in [1.54, 1.807) is 0 Å². The summed E-state index contributed by atoms with van der Waals surface area (Å²) in [5.41, 5.74) is 0.882. The van der Waals surface area contributed by atoms with Crippen LogP contribution < -0.4 is 0 Å². The number of alkyl halides is 3. The van der Waals surface area contributed by atoms with E-state index in [1.807, 2.05) is 42.5 Å². The molecule has 0 aromatic heterocycles. The Balaban J connectivity index is 2.09. The molecule has 0 bridgehead atoms. The van der Waals surface area contributed by atoms with Crippen molar-refractivity contribution >= 4 is 10.8 Å². The molecule has 0 fully saturated rings. The van der Waals surface area contributed by atoms with E-state index in [9.17, 15) is 18.3 Å². The zero-order chi connectivity index (χ0) is 13.9. The van der Waals surface area contributed by atoms with E-state index in [2.05, 4.69) is 0 Å². The first-order chi connectivity index (χ1) is 8.96. The first kappa shape index (κ1) is 13.9. The van der Waals surface area contributed by atoms with Crippen LogP contribution in [0, 0.1) is 0 Å². The smallest absolute Gasteiger partial charge is 0.389 e. The Bertz CT molecular complexity index is 543. The predicted octanol–water partition coefficient (Wildman–Crippen LogP) is 4.09. The van der Waals surface area contributed by atoms with E-state index in [4.69, 9.17) is 0 Å². The molecule has 0 aliphatic rings. The lowest BCUT2D eigenvalue weighted by molar-refractivity contribution is -0.139. The molecule has 2 aromatic carbocycles. The molecule has 1 unspecified atom stereocenters. The fourth-order valence-corrected chi connectivity index (χ4v) is 2.16. The number of hydrogen-bond donors (Lipinski definition) is 1. The van der Waals surface area contributed by atoms with Gasteiger partial charge < -0.3 is 5.11 Å². The quantitative estimate of drug-likeness (QED) is 0.885. The molecule has 1 nitrogen and oxygen atoms in total. The highest BCUT2D eigenvalue weighted by Crippen LogP contribution is 2.25. The Morgan fingerprint density at radius 2 is 1.68 bits per heavy atom. The SMILES string of the molecule is OC(CCC(F)(F)F)Cc1cccc2ccccc12. The largest absolute Gasteiger partial charge is 0.393 e. The molecule has 102 valence electrons. The van der Waals surface area contributed by atoms with Gasteiger partial charge in [-0.1, -0.05) is 42.5 Å². The van der Waals surface area contributed by atoms with E-state index in [0.29, 0.717) is 0 Å². The van der Waals surface area contributed by atoms with E-state index in [1.165, 1.54) is 0 Å². The summed E-state index contributed by atoms with van der Waals surface area (Å²) in [6.45, 7) is 0. The van der Waals surface area contributed by atoms with Gasteiger partial charge in [-0.2, -0.15) is 13.2 Å². The molecule has 0 amide bonds. The van der Waals surface area contributed by atoms with Gasteiger partial charge in [0.15, 0.2) is 0 Å². The van der Waals surface area contributed by atoms with Crippen LogP contribution in [-0.4, -0.2) is 17.4 Å². The maximum atomic E-state index is 12.1. The maximum Gasteiger partial charge on any atom is 0.389 e. The molecule has 1 atom stereocenters. The van der Waals surface area contributed by atoms with Crippen molar-refractivity contribution in [3.63, 3.8) is 0 Å². The van der Waals surface area contributed by atoms with Crippen LogP contribution >= 0.6 is 0 Å².